The number of allylic oxidation sites excluding steroid dienone is 4. The number of aromatic nitrogens is 1. The second kappa shape index (κ2) is 7.70. The second-order valence-electron chi connectivity index (χ2n) is 6.89. The van der Waals surface area contributed by atoms with Crippen LogP contribution < -0.4 is 5.73 Å². The zero-order valence-corrected chi connectivity index (χ0v) is 16.3. The SMILES string of the molecule is NCc1ccccc1Cn1c(C(=O)O)c(C2=CC=CCC2=O)c2cc(Cl)ccc21. The molecule has 146 valence electrons. The Hall–Kier alpha value is -3.15. The normalized spacial score (nSPS) is 13.7. The highest BCUT2D eigenvalue weighted by molar-refractivity contribution is 6.32. The van der Waals surface area contributed by atoms with Crippen molar-refractivity contribution in [2.75, 3.05) is 0 Å². The predicted molar refractivity (Wildman–Crippen MR) is 114 cm³/mol. The summed E-state index contributed by atoms with van der Waals surface area (Å²) in [6.45, 7) is 0.676. The molecule has 29 heavy (non-hydrogen) atoms. The van der Waals surface area contributed by atoms with E-state index >= 15 is 0 Å². The van der Waals surface area contributed by atoms with Crippen LogP contribution in [0.5, 0.6) is 0 Å². The molecule has 0 aliphatic heterocycles. The van der Waals surface area contributed by atoms with E-state index in [-0.39, 0.29) is 17.9 Å². The van der Waals surface area contributed by atoms with E-state index < -0.39 is 5.97 Å². The molecule has 1 aliphatic carbocycles. The van der Waals surface area contributed by atoms with Gasteiger partial charge in [-0.15, -0.1) is 0 Å². The van der Waals surface area contributed by atoms with Crippen LogP contribution in [0, 0.1) is 0 Å². The van der Waals surface area contributed by atoms with Gasteiger partial charge in [0.15, 0.2) is 5.78 Å². The molecule has 0 radical (unpaired) electrons. The third-order valence-corrected chi connectivity index (χ3v) is 5.40. The zero-order valence-electron chi connectivity index (χ0n) is 15.6. The zero-order chi connectivity index (χ0) is 20.5. The number of hydrogen-bond donors (Lipinski definition) is 2. The van der Waals surface area contributed by atoms with Crippen LogP contribution in [0.15, 0.2) is 60.7 Å². The van der Waals surface area contributed by atoms with Gasteiger partial charge in [0.05, 0.1) is 0 Å². The van der Waals surface area contributed by atoms with E-state index in [1.54, 1.807) is 41.0 Å². The number of ketones is 1. The van der Waals surface area contributed by atoms with Crippen LogP contribution in [0.25, 0.3) is 16.5 Å². The number of carboxylic acid groups (broad SMARTS) is 1. The van der Waals surface area contributed by atoms with Gasteiger partial charge < -0.3 is 15.4 Å². The van der Waals surface area contributed by atoms with Gasteiger partial charge in [0.25, 0.3) is 0 Å². The summed E-state index contributed by atoms with van der Waals surface area (Å²) in [4.78, 5) is 25.0. The Bertz CT molecular complexity index is 1200. The minimum absolute atomic E-state index is 0.0731. The molecule has 0 atom stereocenters. The van der Waals surface area contributed by atoms with Crippen molar-refractivity contribution < 1.29 is 14.7 Å². The van der Waals surface area contributed by atoms with Gasteiger partial charge in [0.1, 0.15) is 5.69 Å². The topological polar surface area (TPSA) is 85.3 Å². The van der Waals surface area contributed by atoms with E-state index in [2.05, 4.69) is 0 Å². The van der Waals surface area contributed by atoms with Gasteiger partial charge in [0.2, 0.25) is 0 Å². The highest BCUT2D eigenvalue weighted by Gasteiger charge is 2.28. The first-order valence-corrected chi connectivity index (χ1v) is 9.61. The number of benzene rings is 2. The van der Waals surface area contributed by atoms with Gasteiger partial charge in [-0.2, -0.15) is 0 Å². The fourth-order valence-corrected chi connectivity index (χ4v) is 4.00. The Balaban J connectivity index is 2.03. The lowest BCUT2D eigenvalue weighted by Gasteiger charge is -2.13. The lowest BCUT2D eigenvalue weighted by atomic mass is 9.93. The van der Waals surface area contributed by atoms with E-state index in [4.69, 9.17) is 17.3 Å². The van der Waals surface area contributed by atoms with Crippen molar-refractivity contribution in [1.29, 1.82) is 0 Å². The number of Topliss-reactive ketones (excluding diaryl/α,β-unsaturated/α-hetero) is 1. The predicted octanol–water partition coefficient (Wildman–Crippen LogP) is 4.41. The largest absolute Gasteiger partial charge is 0.477 e. The van der Waals surface area contributed by atoms with Crippen LogP contribution in [-0.4, -0.2) is 21.4 Å². The number of rotatable bonds is 5. The monoisotopic (exact) mass is 406 g/mol. The highest BCUT2D eigenvalue weighted by atomic mass is 35.5. The van der Waals surface area contributed by atoms with E-state index in [1.807, 2.05) is 24.3 Å². The van der Waals surface area contributed by atoms with Crippen molar-refractivity contribution in [3.05, 3.63) is 88.1 Å². The number of nitrogens with zero attached hydrogens (tertiary/aromatic N) is 1. The molecule has 0 unspecified atom stereocenters. The van der Waals surface area contributed by atoms with Crippen molar-refractivity contribution in [3.8, 4) is 0 Å². The third-order valence-electron chi connectivity index (χ3n) is 5.17. The van der Waals surface area contributed by atoms with Crippen molar-refractivity contribution in [2.45, 2.75) is 19.5 Å². The smallest absolute Gasteiger partial charge is 0.353 e. The molecule has 0 saturated carbocycles. The van der Waals surface area contributed by atoms with Gasteiger partial charge in [-0.3, -0.25) is 4.79 Å². The number of hydrogen-bond acceptors (Lipinski definition) is 3. The summed E-state index contributed by atoms with van der Waals surface area (Å²) in [6, 6.07) is 12.9. The summed E-state index contributed by atoms with van der Waals surface area (Å²) >= 11 is 6.22. The van der Waals surface area contributed by atoms with Crippen LogP contribution in [0.1, 0.15) is 33.6 Å². The van der Waals surface area contributed by atoms with Crippen LogP contribution in [0.4, 0.5) is 0 Å². The average molecular weight is 407 g/mol. The first kappa shape index (κ1) is 19.2. The molecular formula is C23H19ClN2O3. The molecule has 4 rings (SSSR count). The molecule has 0 spiro atoms. The molecular weight excluding hydrogens is 388 g/mol. The van der Waals surface area contributed by atoms with E-state index in [0.717, 1.165) is 11.1 Å². The van der Waals surface area contributed by atoms with Crippen LogP contribution >= 0.6 is 11.6 Å². The van der Waals surface area contributed by atoms with Crippen molar-refractivity contribution in [1.82, 2.24) is 4.57 Å². The molecule has 0 bridgehead atoms. The minimum atomic E-state index is -1.10. The lowest BCUT2D eigenvalue weighted by molar-refractivity contribution is -0.113. The first-order chi connectivity index (χ1) is 14.0. The molecule has 2 aromatic carbocycles. The van der Waals surface area contributed by atoms with Crippen molar-refractivity contribution in [2.24, 2.45) is 5.73 Å². The van der Waals surface area contributed by atoms with E-state index in [9.17, 15) is 14.7 Å². The van der Waals surface area contributed by atoms with Crippen molar-refractivity contribution >= 4 is 39.8 Å². The third kappa shape index (κ3) is 3.39. The maximum Gasteiger partial charge on any atom is 0.353 e. The molecule has 0 fully saturated rings. The molecule has 1 heterocycles. The molecule has 6 heteroatoms. The molecule has 3 aromatic rings. The van der Waals surface area contributed by atoms with Crippen LogP contribution in [0.3, 0.4) is 0 Å². The quantitative estimate of drug-likeness (QED) is 0.657. The fraction of sp³-hybridized carbons (Fsp3) is 0.130. The standard InChI is InChI=1S/C23H19ClN2O3/c24-16-9-10-19-18(11-16)21(17-7-3-4-8-20(17)27)22(23(28)29)26(19)13-15-6-2-1-5-14(15)12-25/h1-7,9-11H,8,12-13,25H2,(H,28,29). The van der Waals surface area contributed by atoms with Gasteiger partial charge >= 0.3 is 5.97 Å². The summed E-state index contributed by atoms with van der Waals surface area (Å²) in [5, 5.41) is 11.2. The minimum Gasteiger partial charge on any atom is -0.477 e. The number of halogens is 1. The molecule has 1 aromatic heterocycles. The van der Waals surface area contributed by atoms with Gasteiger partial charge in [0, 0.05) is 46.6 Å². The lowest BCUT2D eigenvalue weighted by Crippen LogP contribution is -2.14. The number of fused-ring (bicyclic) bond motifs is 1. The van der Waals surface area contributed by atoms with E-state index in [0.29, 0.717) is 40.2 Å². The van der Waals surface area contributed by atoms with Crippen LogP contribution in [-0.2, 0) is 17.9 Å². The second-order valence-corrected chi connectivity index (χ2v) is 7.32. The van der Waals surface area contributed by atoms with E-state index in [1.165, 1.54) is 0 Å². The van der Waals surface area contributed by atoms with Gasteiger partial charge in [-0.1, -0.05) is 54.1 Å². The first-order valence-electron chi connectivity index (χ1n) is 9.23. The Morgan fingerprint density at radius 2 is 1.93 bits per heavy atom. The molecule has 0 amide bonds. The molecule has 1 aliphatic rings. The Morgan fingerprint density at radius 1 is 1.17 bits per heavy atom. The number of aromatic carboxylic acids is 1. The van der Waals surface area contributed by atoms with Crippen LogP contribution in [0.2, 0.25) is 5.02 Å². The number of carbonyl (C=O) groups excluding carboxylic acids is 1. The number of nitrogens with two attached hydrogens (primary N) is 1. The van der Waals surface area contributed by atoms with Gasteiger partial charge in [-0.25, -0.2) is 4.79 Å². The summed E-state index contributed by atoms with van der Waals surface area (Å²) in [5.74, 6) is -1.21. The summed E-state index contributed by atoms with van der Waals surface area (Å²) in [6.07, 6.45) is 5.45. The molecule has 3 N–H and O–H groups in total. The summed E-state index contributed by atoms with van der Waals surface area (Å²) in [7, 11) is 0. The summed E-state index contributed by atoms with van der Waals surface area (Å²) < 4.78 is 1.73. The fourth-order valence-electron chi connectivity index (χ4n) is 3.83. The maximum atomic E-state index is 12.6. The maximum absolute atomic E-state index is 12.6. The molecule has 5 nitrogen and oxygen atoms in total. The Kier molecular flexibility index (Phi) is 5.09. The van der Waals surface area contributed by atoms with Gasteiger partial charge in [-0.05, 0) is 29.3 Å². The van der Waals surface area contributed by atoms with Crippen molar-refractivity contribution in [3.63, 3.8) is 0 Å². The Labute approximate surface area is 172 Å². The Morgan fingerprint density at radius 3 is 2.62 bits per heavy atom. The number of carboxylic acids is 1. The summed E-state index contributed by atoms with van der Waals surface area (Å²) in [5.41, 5.74) is 9.32. The number of carbonyl (C=O) groups is 2. The average Bonchev–Trinajstić information content (AvgIpc) is 3.02. The molecule has 0 saturated heterocycles. The highest BCUT2D eigenvalue weighted by Crippen LogP contribution is 2.36.